The van der Waals surface area contributed by atoms with Crippen molar-refractivity contribution in [1.82, 2.24) is 10.2 Å². The van der Waals surface area contributed by atoms with Crippen molar-refractivity contribution in [1.29, 1.82) is 0 Å². The highest BCUT2D eigenvalue weighted by molar-refractivity contribution is 5.87. The number of benzene rings is 1. The van der Waals surface area contributed by atoms with Crippen LogP contribution in [0.5, 0.6) is 5.75 Å². The molecule has 1 aromatic carbocycles. The van der Waals surface area contributed by atoms with Crippen molar-refractivity contribution >= 4 is 11.8 Å². The van der Waals surface area contributed by atoms with Crippen molar-refractivity contribution in [2.45, 2.75) is 25.5 Å². The van der Waals surface area contributed by atoms with Gasteiger partial charge in [-0.15, -0.1) is 0 Å². The van der Waals surface area contributed by atoms with Gasteiger partial charge >= 0.3 is 0 Å². The molecule has 6 heteroatoms. The highest BCUT2D eigenvalue weighted by Gasteiger charge is 2.32. The number of hydrogen-bond acceptors (Lipinski definition) is 4. The molecule has 2 aliphatic heterocycles. The van der Waals surface area contributed by atoms with E-state index < -0.39 is 6.04 Å². The molecule has 1 aromatic rings. The van der Waals surface area contributed by atoms with Gasteiger partial charge in [-0.2, -0.15) is 0 Å². The molecule has 3 rings (SSSR count). The van der Waals surface area contributed by atoms with Crippen LogP contribution in [0.15, 0.2) is 24.3 Å². The van der Waals surface area contributed by atoms with Gasteiger partial charge in [0.1, 0.15) is 17.9 Å². The second-order valence-corrected chi connectivity index (χ2v) is 5.60. The Hall–Kier alpha value is -2.08. The molecule has 0 unspecified atom stereocenters. The molecule has 0 bridgehead atoms. The summed E-state index contributed by atoms with van der Waals surface area (Å²) in [6.07, 6.45) is 0.727. The molecule has 1 saturated heterocycles. The van der Waals surface area contributed by atoms with E-state index in [0.717, 1.165) is 17.7 Å². The summed E-state index contributed by atoms with van der Waals surface area (Å²) in [5.74, 6) is 0.593. The zero-order valence-electron chi connectivity index (χ0n) is 12.6. The predicted octanol–water partition coefficient (Wildman–Crippen LogP) is 0.354. The summed E-state index contributed by atoms with van der Waals surface area (Å²) in [7, 11) is 0. The minimum Gasteiger partial charge on any atom is -0.488 e. The molecular formula is C16H20N2O4. The molecule has 22 heavy (non-hydrogen) atoms. The number of ether oxygens (including phenoxy) is 2. The summed E-state index contributed by atoms with van der Waals surface area (Å²) in [5, 5.41) is 2.88. The van der Waals surface area contributed by atoms with E-state index in [1.807, 2.05) is 24.3 Å². The number of carbonyl (C=O) groups excluding carboxylic acids is 2. The average molecular weight is 304 g/mol. The third kappa shape index (κ3) is 3.06. The molecule has 118 valence electrons. The van der Waals surface area contributed by atoms with Crippen LogP contribution in [0.25, 0.3) is 0 Å². The highest BCUT2D eigenvalue weighted by atomic mass is 16.5. The zero-order chi connectivity index (χ0) is 15.5. The summed E-state index contributed by atoms with van der Waals surface area (Å²) in [5.41, 5.74) is 1.16. The van der Waals surface area contributed by atoms with E-state index in [0.29, 0.717) is 19.7 Å². The zero-order valence-corrected chi connectivity index (χ0v) is 12.6. The maximum atomic E-state index is 12.3. The van der Waals surface area contributed by atoms with Gasteiger partial charge in [0.2, 0.25) is 11.8 Å². The van der Waals surface area contributed by atoms with E-state index in [2.05, 4.69) is 5.32 Å². The van der Waals surface area contributed by atoms with Crippen LogP contribution < -0.4 is 10.1 Å². The van der Waals surface area contributed by atoms with Gasteiger partial charge in [0.25, 0.3) is 0 Å². The molecule has 6 nitrogen and oxygen atoms in total. The van der Waals surface area contributed by atoms with Gasteiger partial charge in [-0.1, -0.05) is 18.2 Å². The molecular weight excluding hydrogens is 284 g/mol. The van der Waals surface area contributed by atoms with Crippen LogP contribution in [0.1, 0.15) is 12.5 Å². The first kappa shape index (κ1) is 14.8. The number of rotatable bonds is 3. The van der Waals surface area contributed by atoms with Crippen molar-refractivity contribution < 1.29 is 19.1 Å². The topological polar surface area (TPSA) is 67.9 Å². The van der Waals surface area contributed by atoms with Gasteiger partial charge in [-0.05, 0) is 11.6 Å². The third-order valence-electron chi connectivity index (χ3n) is 4.05. The Labute approximate surface area is 129 Å². The highest BCUT2D eigenvalue weighted by Crippen LogP contribution is 2.27. The van der Waals surface area contributed by atoms with Gasteiger partial charge in [-0.3, -0.25) is 9.59 Å². The Morgan fingerprint density at radius 2 is 2.18 bits per heavy atom. The van der Waals surface area contributed by atoms with Gasteiger partial charge in [0.05, 0.1) is 19.8 Å². The second-order valence-electron chi connectivity index (χ2n) is 5.60. The summed E-state index contributed by atoms with van der Waals surface area (Å²) in [4.78, 5) is 25.4. The lowest BCUT2D eigenvalue weighted by Gasteiger charge is -2.33. The molecule has 0 spiro atoms. The van der Waals surface area contributed by atoms with Crippen molar-refractivity contribution in [3.8, 4) is 5.75 Å². The fourth-order valence-corrected chi connectivity index (χ4v) is 2.90. The molecule has 1 N–H and O–H groups in total. The fourth-order valence-electron chi connectivity index (χ4n) is 2.90. The normalized spacial score (nSPS) is 23.6. The van der Waals surface area contributed by atoms with Crippen LogP contribution in [0.2, 0.25) is 0 Å². The van der Waals surface area contributed by atoms with Crippen LogP contribution in [0.3, 0.4) is 0 Å². The van der Waals surface area contributed by atoms with Gasteiger partial charge in [0.15, 0.2) is 0 Å². The number of para-hydroxylation sites is 1. The summed E-state index contributed by atoms with van der Waals surface area (Å²) in [6.45, 7) is 3.08. The largest absolute Gasteiger partial charge is 0.488 e. The van der Waals surface area contributed by atoms with Crippen molar-refractivity contribution in [3.63, 3.8) is 0 Å². The van der Waals surface area contributed by atoms with E-state index in [1.165, 1.54) is 6.92 Å². The first-order valence-electron chi connectivity index (χ1n) is 7.52. The molecule has 0 aliphatic carbocycles. The average Bonchev–Trinajstić information content (AvgIpc) is 2.95. The smallest absolute Gasteiger partial charge is 0.245 e. The Morgan fingerprint density at radius 3 is 2.95 bits per heavy atom. The summed E-state index contributed by atoms with van der Waals surface area (Å²) >= 11 is 0. The molecule has 0 radical (unpaired) electrons. The Balaban J connectivity index is 1.53. The summed E-state index contributed by atoms with van der Waals surface area (Å²) < 4.78 is 11.1. The van der Waals surface area contributed by atoms with Crippen molar-refractivity contribution in [3.05, 3.63) is 29.8 Å². The maximum absolute atomic E-state index is 12.3. The van der Waals surface area contributed by atoms with Crippen molar-refractivity contribution in [2.24, 2.45) is 0 Å². The summed E-state index contributed by atoms with van der Waals surface area (Å²) in [6, 6.07) is 7.33. The van der Waals surface area contributed by atoms with E-state index in [-0.39, 0.29) is 24.5 Å². The van der Waals surface area contributed by atoms with E-state index >= 15 is 0 Å². The van der Waals surface area contributed by atoms with Crippen LogP contribution in [-0.2, 0) is 20.7 Å². The van der Waals surface area contributed by atoms with Crippen molar-refractivity contribution in [2.75, 3.05) is 26.3 Å². The molecule has 2 atom stereocenters. The molecule has 0 saturated carbocycles. The lowest BCUT2D eigenvalue weighted by atomic mass is 10.1. The number of hydrogen-bond donors (Lipinski definition) is 1. The number of fused-ring (bicyclic) bond motifs is 1. The van der Waals surface area contributed by atoms with Crippen LogP contribution >= 0.6 is 0 Å². The van der Waals surface area contributed by atoms with Gasteiger partial charge in [-0.25, -0.2) is 0 Å². The standard InChI is InChI=1S/C16H20N2O4/c1-11(19)18-6-7-21-10-14(18)16(20)17-9-13-8-12-4-2-3-5-15(12)22-13/h2-5,13-14H,6-10H2,1H3,(H,17,20)/t13-,14-/m0/s1. The minimum absolute atomic E-state index is 0.0587. The molecule has 2 aliphatic rings. The first-order chi connectivity index (χ1) is 10.6. The lowest BCUT2D eigenvalue weighted by Crippen LogP contribution is -2.56. The minimum atomic E-state index is -0.546. The van der Waals surface area contributed by atoms with Crippen LogP contribution in [0.4, 0.5) is 0 Å². The van der Waals surface area contributed by atoms with Gasteiger partial charge < -0.3 is 19.7 Å². The lowest BCUT2D eigenvalue weighted by molar-refractivity contribution is -0.147. The Morgan fingerprint density at radius 1 is 1.36 bits per heavy atom. The van der Waals surface area contributed by atoms with Gasteiger partial charge in [0, 0.05) is 19.9 Å². The van der Waals surface area contributed by atoms with E-state index in [4.69, 9.17) is 9.47 Å². The molecule has 1 fully saturated rings. The SMILES string of the molecule is CC(=O)N1CCOC[C@H]1C(=O)NC[C@@H]1Cc2ccccc2O1. The fraction of sp³-hybridized carbons (Fsp3) is 0.500. The molecule has 2 amide bonds. The number of morpholine rings is 1. The number of nitrogens with one attached hydrogen (secondary N) is 1. The Bertz CT molecular complexity index is 550. The number of carbonyl (C=O) groups is 2. The Kier molecular flexibility index (Phi) is 4.29. The number of nitrogens with zero attached hydrogens (tertiary/aromatic N) is 1. The molecule has 2 heterocycles. The second kappa shape index (κ2) is 6.36. The predicted molar refractivity (Wildman–Crippen MR) is 79.6 cm³/mol. The maximum Gasteiger partial charge on any atom is 0.245 e. The van der Waals surface area contributed by atoms with Crippen LogP contribution in [0, 0.1) is 0 Å². The first-order valence-corrected chi connectivity index (χ1v) is 7.52. The molecule has 0 aromatic heterocycles. The third-order valence-corrected chi connectivity index (χ3v) is 4.05. The van der Waals surface area contributed by atoms with E-state index in [1.54, 1.807) is 4.90 Å². The van der Waals surface area contributed by atoms with E-state index in [9.17, 15) is 9.59 Å². The number of amides is 2. The quantitative estimate of drug-likeness (QED) is 0.875. The van der Waals surface area contributed by atoms with Crippen LogP contribution in [-0.4, -0.2) is 55.2 Å². The monoisotopic (exact) mass is 304 g/mol.